The zero-order valence-electron chi connectivity index (χ0n) is 14.6. The molecule has 1 saturated heterocycles. The number of hydrogen-bond donors (Lipinski definition) is 0. The van der Waals surface area contributed by atoms with Crippen molar-refractivity contribution in [1.29, 1.82) is 0 Å². The molecule has 0 aromatic heterocycles. The number of carbonyl (C=O) groups excluding carboxylic acids is 1. The first-order chi connectivity index (χ1) is 12.6. The molecule has 2 aromatic carbocycles. The van der Waals surface area contributed by atoms with Gasteiger partial charge in [-0.3, -0.25) is 4.79 Å². The summed E-state index contributed by atoms with van der Waals surface area (Å²) in [5, 5.41) is 0. The van der Waals surface area contributed by atoms with Crippen molar-refractivity contribution in [2.45, 2.75) is 13.0 Å². The lowest BCUT2D eigenvalue weighted by atomic mass is 10.1. The Labute approximate surface area is 162 Å². The van der Waals surface area contributed by atoms with Crippen LogP contribution in [0, 0.1) is 19.3 Å². The molecular weight excluding hydrogens is 394 g/mol. The molecular formula is C21H20BrNO3. The Morgan fingerprint density at radius 2 is 2.19 bits per heavy atom. The lowest BCUT2D eigenvalue weighted by Gasteiger charge is -2.33. The molecule has 4 nitrogen and oxygen atoms in total. The molecule has 1 heterocycles. The van der Waals surface area contributed by atoms with Gasteiger partial charge in [0.1, 0.15) is 18.5 Å². The smallest absolute Gasteiger partial charge is 0.254 e. The molecule has 0 saturated carbocycles. The normalized spacial score (nSPS) is 16.8. The lowest BCUT2D eigenvalue weighted by molar-refractivity contribution is -0.0401. The number of benzene rings is 2. The number of hydrogen-bond acceptors (Lipinski definition) is 3. The van der Waals surface area contributed by atoms with Crippen molar-refractivity contribution < 1.29 is 14.3 Å². The van der Waals surface area contributed by atoms with Crippen molar-refractivity contribution in [1.82, 2.24) is 4.90 Å². The van der Waals surface area contributed by atoms with Crippen molar-refractivity contribution in [2.75, 3.05) is 26.3 Å². The molecule has 0 bridgehead atoms. The van der Waals surface area contributed by atoms with E-state index in [1.807, 2.05) is 54.3 Å². The Morgan fingerprint density at radius 3 is 3.00 bits per heavy atom. The minimum Gasteiger partial charge on any atom is -0.491 e. The molecule has 1 aliphatic rings. The van der Waals surface area contributed by atoms with Crippen LogP contribution >= 0.6 is 15.9 Å². The molecule has 3 rings (SSSR count). The van der Waals surface area contributed by atoms with Gasteiger partial charge >= 0.3 is 0 Å². The van der Waals surface area contributed by atoms with Crippen LogP contribution < -0.4 is 4.74 Å². The maximum atomic E-state index is 12.9. The summed E-state index contributed by atoms with van der Waals surface area (Å²) in [6.07, 6.45) is 5.24. The van der Waals surface area contributed by atoms with E-state index >= 15 is 0 Å². The van der Waals surface area contributed by atoms with Gasteiger partial charge in [-0.2, -0.15) is 0 Å². The Balaban J connectivity index is 1.63. The first-order valence-corrected chi connectivity index (χ1v) is 9.23. The van der Waals surface area contributed by atoms with Crippen LogP contribution in [0.1, 0.15) is 21.5 Å². The quantitative estimate of drug-likeness (QED) is 0.717. The standard InChI is InChI=1S/C21H20BrNO3/c1-3-16-6-4-7-17(12-16)26-14-18-13-23(10-11-25-18)21(24)19-8-5-9-20(22)15(19)2/h1,4-9,12,18H,10-11,13-14H2,2H3. The minimum absolute atomic E-state index is 0.0198. The fourth-order valence-corrected chi connectivity index (χ4v) is 3.25. The highest BCUT2D eigenvalue weighted by Crippen LogP contribution is 2.22. The van der Waals surface area contributed by atoms with Crippen LogP contribution in [-0.4, -0.2) is 43.2 Å². The maximum absolute atomic E-state index is 12.9. The first kappa shape index (κ1) is 18.5. The highest BCUT2D eigenvalue weighted by Gasteiger charge is 2.26. The number of carbonyl (C=O) groups is 1. The predicted molar refractivity (Wildman–Crippen MR) is 104 cm³/mol. The van der Waals surface area contributed by atoms with E-state index in [1.54, 1.807) is 0 Å². The van der Waals surface area contributed by atoms with Gasteiger partial charge in [-0.15, -0.1) is 6.42 Å². The van der Waals surface area contributed by atoms with Gasteiger partial charge in [-0.05, 0) is 42.8 Å². The average Bonchev–Trinajstić information content (AvgIpc) is 2.68. The van der Waals surface area contributed by atoms with E-state index in [1.165, 1.54) is 0 Å². The van der Waals surface area contributed by atoms with Crippen LogP contribution in [0.3, 0.4) is 0 Å². The summed E-state index contributed by atoms with van der Waals surface area (Å²) in [5.74, 6) is 3.31. The summed E-state index contributed by atoms with van der Waals surface area (Å²) < 4.78 is 12.5. The Kier molecular flexibility index (Phi) is 5.97. The fourth-order valence-electron chi connectivity index (χ4n) is 2.88. The summed E-state index contributed by atoms with van der Waals surface area (Å²) in [7, 11) is 0. The molecule has 1 atom stereocenters. The maximum Gasteiger partial charge on any atom is 0.254 e. The molecule has 1 aliphatic heterocycles. The largest absolute Gasteiger partial charge is 0.491 e. The number of terminal acetylenes is 1. The van der Waals surface area contributed by atoms with Crippen molar-refractivity contribution in [2.24, 2.45) is 0 Å². The second kappa shape index (κ2) is 8.39. The van der Waals surface area contributed by atoms with Crippen LogP contribution in [0.5, 0.6) is 5.75 Å². The summed E-state index contributed by atoms with van der Waals surface area (Å²) in [5.41, 5.74) is 2.43. The number of amides is 1. The molecule has 1 fully saturated rings. The van der Waals surface area contributed by atoms with Crippen LogP contribution in [-0.2, 0) is 4.74 Å². The van der Waals surface area contributed by atoms with Gasteiger partial charge < -0.3 is 14.4 Å². The van der Waals surface area contributed by atoms with Crippen molar-refractivity contribution in [3.05, 3.63) is 63.6 Å². The Morgan fingerprint density at radius 1 is 1.38 bits per heavy atom. The molecule has 0 spiro atoms. The lowest BCUT2D eigenvalue weighted by Crippen LogP contribution is -2.47. The molecule has 26 heavy (non-hydrogen) atoms. The van der Waals surface area contributed by atoms with E-state index in [4.69, 9.17) is 15.9 Å². The summed E-state index contributed by atoms with van der Waals surface area (Å²) in [6, 6.07) is 13.1. The van der Waals surface area contributed by atoms with E-state index in [2.05, 4.69) is 21.9 Å². The van der Waals surface area contributed by atoms with Crippen molar-refractivity contribution in [3.8, 4) is 18.1 Å². The highest BCUT2D eigenvalue weighted by molar-refractivity contribution is 9.10. The van der Waals surface area contributed by atoms with Gasteiger partial charge in [0.05, 0.1) is 13.2 Å². The summed E-state index contributed by atoms with van der Waals surface area (Å²) in [6.45, 7) is 3.89. The molecule has 2 aromatic rings. The average molecular weight is 414 g/mol. The van der Waals surface area contributed by atoms with Crippen molar-refractivity contribution >= 4 is 21.8 Å². The summed E-state index contributed by atoms with van der Waals surface area (Å²) in [4.78, 5) is 14.7. The molecule has 134 valence electrons. The zero-order valence-corrected chi connectivity index (χ0v) is 16.2. The topological polar surface area (TPSA) is 38.8 Å². The molecule has 5 heteroatoms. The second-order valence-corrected chi connectivity index (χ2v) is 6.99. The second-order valence-electron chi connectivity index (χ2n) is 6.14. The van der Waals surface area contributed by atoms with Gasteiger partial charge in [0.15, 0.2) is 0 Å². The number of rotatable bonds is 4. The monoisotopic (exact) mass is 413 g/mol. The number of halogens is 1. The van der Waals surface area contributed by atoms with Crippen LogP contribution in [0.25, 0.3) is 0 Å². The van der Waals surface area contributed by atoms with Gasteiger partial charge in [-0.1, -0.05) is 34.0 Å². The fraction of sp³-hybridized carbons (Fsp3) is 0.286. The summed E-state index contributed by atoms with van der Waals surface area (Å²) >= 11 is 3.48. The Bertz CT molecular complexity index is 843. The number of nitrogens with zero attached hydrogens (tertiary/aromatic N) is 1. The third kappa shape index (κ3) is 4.27. The van der Waals surface area contributed by atoms with E-state index in [0.717, 1.165) is 15.6 Å². The minimum atomic E-state index is -0.172. The number of ether oxygens (including phenoxy) is 2. The van der Waals surface area contributed by atoms with Gasteiger partial charge in [0.25, 0.3) is 5.91 Å². The molecule has 0 radical (unpaired) electrons. The highest BCUT2D eigenvalue weighted by atomic mass is 79.9. The van der Waals surface area contributed by atoms with E-state index in [9.17, 15) is 4.79 Å². The predicted octanol–water partition coefficient (Wildman–Crippen LogP) is 3.66. The van der Waals surface area contributed by atoms with Crippen LogP contribution in [0.15, 0.2) is 46.9 Å². The first-order valence-electron chi connectivity index (χ1n) is 8.44. The molecule has 0 aliphatic carbocycles. The zero-order chi connectivity index (χ0) is 18.5. The number of morpholine rings is 1. The van der Waals surface area contributed by atoms with Gasteiger partial charge in [0.2, 0.25) is 0 Å². The van der Waals surface area contributed by atoms with E-state index in [0.29, 0.717) is 37.6 Å². The van der Waals surface area contributed by atoms with Gasteiger partial charge in [-0.25, -0.2) is 0 Å². The van der Waals surface area contributed by atoms with E-state index in [-0.39, 0.29) is 12.0 Å². The third-order valence-corrected chi connectivity index (χ3v) is 5.22. The Hall–Kier alpha value is -2.29. The molecule has 1 unspecified atom stereocenters. The molecule has 1 amide bonds. The SMILES string of the molecule is C#Cc1cccc(OCC2CN(C(=O)c3cccc(Br)c3C)CCO2)c1. The van der Waals surface area contributed by atoms with Crippen molar-refractivity contribution in [3.63, 3.8) is 0 Å². The van der Waals surface area contributed by atoms with Crippen LogP contribution in [0.2, 0.25) is 0 Å². The van der Waals surface area contributed by atoms with Gasteiger partial charge in [0, 0.05) is 22.1 Å². The van der Waals surface area contributed by atoms with E-state index < -0.39 is 0 Å². The van der Waals surface area contributed by atoms with Crippen LogP contribution in [0.4, 0.5) is 0 Å². The molecule has 0 N–H and O–H groups in total. The third-order valence-electron chi connectivity index (χ3n) is 4.36.